The minimum Gasteiger partial charge on any atom is -0.314 e. The van der Waals surface area contributed by atoms with Crippen LogP contribution in [0.4, 0.5) is 0 Å². The molecule has 1 aromatic rings. The first-order valence-corrected chi connectivity index (χ1v) is 7.03. The summed E-state index contributed by atoms with van der Waals surface area (Å²) in [7, 11) is 0. The minimum atomic E-state index is 0.755. The van der Waals surface area contributed by atoms with E-state index in [0.717, 1.165) is 30.8 Å². The van der Waals surface area contributed by atoms with Gasteiger partial charge in [0.05, 0.1) is 0 Å². The molecule has 1 aromatic carbocycles. The van der Waals surface area contributed by atoms with E-state index in [1.54, 1.807) is 0 Å². The molecule has 1 nitrogen and oxygen atoms in total. The average Bonchev–Trinajstić information content (AvgIpc) is 2.35. The molecule has 0 heterocycles. The topological polar surface area (TPSA) is 12.0 Å². The van der Waals surface area contributed by atoms with Crippen molar-refractivity contribution in [3.63, 3.8) is 0 Å². The van der Waals surface area contributed by atoms with E-state index in [4.69, 9.17) is 0 Å². The molecule has 17 heavy (non-hydrogen) atoms. The first-order valence-electron chi connectivity index (χ1n) is 7.03. The van der Waals surface area contributed by atoms with Crippen LogP contribution in [0.15, 0.2) is 30.3 Å². The van der Waals surface area contributed by atoms with Crippen LogP contribution in [0.1, 0.15) is 38.7 Å². The Morgan fingerprint density at radius 3 is 2.53 bits per heavy atom. The van der Waals surface area contributed by atoms with Gasteiger partial charge in [-0.1, -0.05) is 44.2 Å². The van der Waals surface area contributed by atoms with Gasteiger partial charge in [0.25, 0.3) is 0 Å². The van der Waals surface area contributed by atoms with E-state index in [1.165, 1.54) is 24.8 Å². The smallest absolute Gasteiger partial charge is 0.00699 e. The lowest BCUT2D eigenvalue weighted by Gasteiger charge is -2.32. The molecule has 1 aliphatic rings. The zero-order chi connectivity index (χ0) is 12.1. The van der Waals surface area contributed by atoms with Gasteiger partial charge in [0.2, 0.25) is 0 Å². The van der Waals surface area contributed by atoms with Gasteiger partial charge in [-0.15, -0.1) is 0 Å². The number of nitrogens with one attached hydrogen (secondary N) is 1. The molecule has 1 fully saturated rings. The third kappa shape index (κ3) is 3.85. The molecule has 0 aromatic heterocycles. The summed E-state index contributed by atoms with van der Waals surface area (Å²) >= 11 is 0. The van der Waals surface area contributed by atoms with Crippen molar-refractivity contribution in [2.45, 2.75) is 45.6 Å². The van der Waals surface area contributed by atoms with Crippen molar-refractivity contribution < 1.29 is 0 Å². The summed E-state index contributed by atoms with van der Waals surface area (Å²) in [6, 6.07) is 11.5. The van der Waals surface area contributed by atoms with E-state index in [0.29, 0.717) is 0 Å². The first-order chi connectivity index (χ1) is 8.25. The minimum absolute atomic E-state index is 0.755. The molecule has 1 N–H and O–H groups in total. The molecule has 3 unspecified atom stereocenters. The summed E-state index contributed by atoms with van der Waals surface area (Å²) in [4.78, 5) is 0. The molecule has 94 valence electrons. The Hall–Kier alpha value is -0.820. The zero-order valence-electron chi connectivity index (χ0n) is 11.2. The number of hydrogen-bond acceptors (Lipinski definition) is 1. The standard InChI is InChI=1S/C16H25N/c1-13-8-9-16(12-14(13)2)17-11-10-15-6-4-3-5-7-15/h3-7,13-14,16-17H,8-12H2,1-2H3. The van der Waals surface area contributed by atoms with E-state index >= 15 is 0 Å². The Labute approximate surface area is 106 Å². The number of benzene rings is 1. The van der Waals surface area contributed by atoms with Crippen molar-refractivity contribution in [1.82, 2.24) is 5.32 Å². The highest BCUT2D eigenvalue weighted by Gasteiger charge is 2.23. The van der Waals surface area contributed by atoms with Crippen LogP contribution in [0.2, 0.25) is 0 Å². The van der Waals surface area contributed by atoms with Gasteiger partial charge in [0, 0.05) is 6.04 Å². The lowest BCUT2D eigenvalue weighted by atomic mass is 9.79. The fourth-order valence-corrected chi connectivity index (χ4v) is 2.80. The van der Waals surface area contributed by atoms with Gasteiger partial charge in [-0.3, -0.25) is 0 Å². The van der Waals surface area contributed by atoms with Crippen LogP contribution >= 0.6 is 0 Å². The van der Waals surface area contributed by atoms with Crippen molar-refractivity contribution in [3.8, 4) is 0 Å². The van der Waals surface area contributed by atoms with Crippen molar-refractivity contribution in [2.75, 3.05) is 6.54 Å². The normalized spacial score (nSPS) is 29.2. The summed E-state index contributed by atoms with van der Waals surface area (Å²) < 4.78 is 0. The van der Waals surface area contributed by atoms with E-state index < -0.39 is 0 Å². The molecule has 0 bridgehead atoms. The maximum absolute atomic E-state index is 3.72. The van der Waals surface area contributed by atoms with Gasteiger partial charge >= 0.3 is 0 Å². The summed E-state index contributed by atoms with van der Waals surface area (Å²) in [5.74, 6) is 1.81. The Morgan fingerprint density at radius 1 is 1.06 bits per heavy atom. The second kappa shape index (κ2) is 6.20. The van der Waals surface area contributed by atoms with Gasteiger partial charge in [-0.2, -0.15) is 0 Å². The number of hydrogen-bond donors (Lipinski definition) is 1. The Morgan fingerprint density at radius 2 is 1.82 bits per heavy atom. The van der Waals surface area contributed by atoms with Crippen LogP contribution in [-0.4, -0.2) is 12.6 Å². The molecule has 0 radical (unpaired) electrons. The fraction of sp³-hybridized carbons (Fsp3) is 0.625. The predicted molar refractivity (Wildman–Crippen MR) is 74.1 cm³/mol. The maximum atomic E-state index is 3.72. The van der Waals surface area contributed by atoms with Gasteiger partial charge in [0.1, 0.15) is 0 Å². The molecule has 1 saturated carbocycles. The second-order valence-corrected chi connectivity index (χ2v) is 5.65. The molecule has 0 aliphatic heterocycles. The maximum Gasteiger partial charge on any atom is 0.00699 e. The molecule has 0 amide bonds. The Bertz CT molecular complexity index is 320. The lowest BCUT2D eigenvalue weighted by molar-refractivity contribution is 0.227. The van der Waals surface area contributed by atoms with Crippen molar-refractivity contribution in [1.29, 1.82) is 0 Å². The molecule has 1 aliphatic carbocycles. The molecular weight excluding hydrogens is 206 g/mol. The summed E-state index contributed by atoms with van der Waals surface area (Å²) in [5, 5.41) is 3.72. The molecule has 0 spiro atoms. The molecular formula is C16H25N. The second-order valence-electron chi connectivity index (χ2n) is 5.65. The average molecular weight is 231 g/mol. The molecule has 2 rings (SSSR count). The Kier molecular flexibility index (Phi) is 4.61. The SMILES string of the molecule is CC1CCC(NCCc2ccccc2)CC1C. The highest BCUT2D eigenvalue weighted by Crippen LogP contribution is 2.29. The van der Waals surface area contributed by atoms with Gasteiger partial charge in [-0.25, -0.2) is 0 Å². The largest absolute Gasteiger partial charge is 0.314 e. The van der Waals surface area contributed by atoms with E-state index in [9.17, 15) is 0 Å². The van der Waals surface area contributed by atoms with Crippen LogP contribution in [0.25, 0.3) is 0 Å². The van der Waals surface area contributed by atoms with Gasteiger partial charge in [0.15, 0.2) is 0 Å². The molecule has 1 heteroatoms. The lowest BCUT2D eigenvalue weighted by Crippen LogP contribution is -2.37. The van der Waals surface area contributed by atoms with Crippen LogP contribution < -0.4 is 5.32 Å². The first kappa shape index (κ1) is 12.6. The van der Waals surface area contributed by atoms with E-state index in [-0.39, 0.29) is 0 Å². The van der Waals surface area contributed by atoms with E-state index in [2.05, 4.69) is 49.5 Å². The molecule has 0 saturated heterocycles. The third-order valence-electron chi connectivity index (χ3n) is 4.29. The fourth-order valence-electron chi connectivity index (χ4n) is 2.80. The van der Waals surface area contributed by atoms with Crippen LogP contribution in [0.3, 0.4) is 0 Å². The van der Waals surface area contributed by atoms with E-state index in [1.807, 2.05) is 0 Å². The summed E-state index contributed by atoms with van der Waals surface area (Å²) in [6.45, 7) is 5.91. The van der Waals surface area contributed by atoms with Gasteiger partial charge in [-0.05, 0) is 49.6 Å². The summed E-state index contributed by atoms with van der Waals surface area (Å²) in [5.41, 5.74) is 1.44. The van der Waals surface area contributed by atoms with Crippen molar-refractivity contribution in [2.24, 2.45) is 11.8 Å². The van der Waals surface area contributed by atoms with Crippen LogP contribution in [0, 0.1) is 11.8 Å². The summed E-state index contributed by atoms with van der Waals surface area (Å²) in [6.07, 6.45) is 5.27. The molecule has 3 atom stereocenters. The third-order valence-corrected chi connectivity index (χ3v) is 4.29. The van der Waals surface area contributed by atoms with Crippen molar-refractivity contribution in [3.05, 3.63) is 35.9 Å². The monoisotopic (exact) mass is 231 g/mol. The predicted octanol–water partition coefficient (Wildman–Crippen LogP) is 3.64. The highest BCUT2D eigenvalue weighted by atomic mass is 14.9. The van der Waals surface area contributed by atoms with Crippen LogP contribution in [0.5, 0.6) is 0 Å². The van der Waals surface area contributed by atoms with Crippen molar-refractivity contribution >= 4 is 0 Å². The van der Waals surface area contributed by atoms with Gasteiger partial charge < -0.3 is 5.32 Å². The van der Waals surface area contributed by atoms with Crippen LogP contribution in [-0.2, 0) is 6.42 Å². The highest BCUT2D eigenvalue weighted by molar-refractivity contribution is 5.14. The Balaban J connectivity index is 1.69. The zero-order valence-corrected chi connectivity index (χ0v) is 11.2. The number of rotatable bonds is 4. The quantitative estimate of drug-likeness (QED) is 0.834.